The topological polar surface area (TPSA) is 62.2 Å². The van der Waals surface area contributed by atoms with E-state index in [2.05, 4.69) is 16.2 Å². The monoisotopic (exact) mass is 232 g/mol. The van der Waals surface area contributed by atoms with Crippen LogP contribution in [0.1, 0.15) is 35.1 Å². The highest BCUT2D eigenvalue weighted by atomic mass is 16.4. The second-order valence-corrected chi connectivity index (χ2v) is 3.85. The zero-order valence-electron chi connectivity index (χ0n) is 10.2. The molecule has 0 aliphatic carbocycles. The molecule has 0 spiro atoms. The Morgan fingerprint density at radius 1 is 1.65 bits per heavy atom. The number of carboxylic acids is 1. The molecule has 4 nitrogen and oxygen atoms in total. The number of aromatic carboxylic acids is 1. The Bertz CT molecular complexity index is 475. The summed E-state index contributed by atoms with van der Waals surface area (Å²) in [5.41, 5.74) is 1.98. The van der Waals surface area contributed by atoms with Crippen molar-refractivity contribution in [2.24, 2.45) is 0 Å². The minimum atomic E-state index is -0.996. The van der Waals surface area contributed by atoms with Gasteiger partial charge in [-0.15, -0.1) is 6.42 Å². The number of hydrogen-bond acceptors (Lipinski definition) is 3. The molecule has 0 radical (unpaired) electrons. The lowest BCUT2D eigenvalue weighted by atomic mass is 10.1. The highest BCUT2D eigenvalue weighted by Gasteiger charge is 2.16. The largest absolute Gasteiger partial charge is 0.478 e. The van der Waals surface area contributed by atoms with Crippen molar-refractivity contribution in [2.75, 3.05) is 5.32 Å². The molecule has 1 aromatic rings. The van der Waals surface area contributed by atoms with E-state index in [1.165, 1.54) is 0 Å². The number of aryl methyl sites for hydroxylation is 2. The van der Waals surface area contributed by atoms with Crippen LogP contribution in [0.15, 0.2) is 6.07 Å². The molecule has 0 fully saturated rings. The SMILES string of the molecule is C#CC(CC)Nc1cc(C)nc(C)c1C(=O)O. The quantitative estimate of drug-likeness (QED) is 0.781. The number of anilines is 1. The highest BCUT2D eigenvalue weighted by Crippen LogP contribution is 2.21. The maximum atomic E-state index is 11.2. The average molecular weight is 232 g/mol. The number of carboxylic acid groups (broad SMARTS) is 1. The Balaban J connectivity index is 3.22. The van der Waals surface area contributed by atoms with E-state index >= 15 is 0 Å². The Kier molecular flexibility index (Phi) is 4.11. The summed E-state index contributed by atoms with van der Waals surface area (Å²) in [5, 5.41) is 12.2. The van der Waals surface area contributed by atoms with Gasteiger partial charge in [-0.1, -0.05) is 12.8 Å². The van der Waals surface area contributed by atoms with Crippen LogP contribution in [0.3, 0.4) is 0 Å². The standard InChI is InChI=1S/C13H16N2O2/c1-5-10(6-2)15-11-7-8(3)14-9(4)12(11)13(16)17/h1,7,10H,6H2,2-4H3,(H,14,15)(H,16,17). The van der Waals surface area contributed by atoms with Gasteiger partial charge in [-0.25, -0.2) is 4.79 Å². The van der Waals surface area contributed by atoms with Crippen LogP contribution in [-0.2, 0) is 0 Å². The smallest absolute Gasteiger partial charge is 0.339 e. The van der Waals surface area contributed by atoms with Crippen LogP contribution in [0.5, 0.6) is 0 Å². The number of carbonyl (C=O) groups is 1. The molecule has 90 valence electrons. The normalized spacial score (nSPS) is 11.6. The first-order chi connectivity index (χ1) is 7.99. The molecule has 2 N–H and O–H groups in total. The van der Waals surface area contributed by atoms with Gasteiger partial charge < -0.3 is 10.4 Å². The van der Waals surface area contributed by atoms with E-state index in [4.69, 9.17) is 11.5 Å². The van der Waals surface area contributed by atoms with Crippen molar-refractivity contribution in [3.05, 3.63) is 23.0 Å². The van der Waals surface area contributed by atoms with E-state index in [9.17, 15) is 4.79 Å². The van der Waals surface area contributed by atoms with E-state index in [0.717, 1.165) is 12.1 Å². The lowest BCUT2D eigenvalue weighted by Gasteiger charge is -2.16. The van der Waals surface area contributed by atoms with Gasteiger partial charge in [-0.2, -0.15) is 0 Å². The maximum absolute atomic E-state index is 11.2. The molecule has 1 rings (SSSR count). The first-order valence-corrected chi connectivity index (χ1v) is 5.43. The number of nitrogens with one attached hydrogen (secondary N) is 1. The van der Waals surface area contributed by atoms with Crippen LogP contribution in [0.25, 0.3) is 0 Å². The van der Waals surface area contributed by atoms with Crippen molar-refractivity contribution in [3.63, 3.8) is 0 Å². The molecule has 0 aliphatic rings. The van der Waals surface area contributed by atoms with E-state index in [1.54, 1.807) is 13.0 Å². The lowest BCUT2D eigenvalue weighted by molar-refractivity contribution is 0.0696. The zero-order valence-corrected chi connectivity index (χ0v) is 10.2. The van der Waals surface area contributed by atoms with E-state index in [0.29, 0.717) is 11.4 Å². The third kappa shape index (κ3) is 2.97. The Morgan fingerprint density at radius 3 is 2.76 bits per heavy atom. The number of aromatic nitrogens is 1. The van der Waals surface area contributed by atoms with Crippen LogP contribution in [0, 0.1) is 26.2 Å². The number of terminal acetylenes is 1. The van der Waals surface area contributed by atoms with Crippen molar-refractivity contribution < 1.29 is 9.90 Å². The van der Waals surface area contributed by atoms with Gasteiger partial charge in [0.05, 0.1) is 17.4 Å². The summed E-state index contributed by atoms with van der Waals surface area (Å²) < 4.78 is 0. The number of pyridine rings is 1. The number of nitrogens with zero attached hydrogens (tertiary/aromatic N) is 1. The predicted molar refractivity (Wildman–Crippen MR) is 67.2 cm³/mol. The van der Waals surface area contributed by atoms with Gasteiger partial charge in [0.2, 0.25) is 0 Å². The summed E-state index contributed by atoms with van der Waals surface area (Å²) >= 11 is 0. The Hall–Kier alpha value is -2.02. The molecule has 1 heterocycles. The van der Waals surface area contributed by atoms with Crippen LogP contribution < -0.4 is 5.32 Å². The van der Waals surface area contributed by atoms with Crippen molar-refractivity contribution in [2.45, 2.75) is 33.2 Å². The van der Waals surface area contributed by atoms with E-state index < -0.39 is 5.97 Å². The summed E-state index contributed by atoms with van der Waals surface area (Å²) in [7, 11) is 0. The van der Waals surface area contributed by atoms with Crippen molar-refractivity contribution >= 4 is 11.7 Å². The molecular weight excluding hydrogens is 216 g/mol. The summed E-state index contributed by atoms with van der Waals surface area (Å²) in [4.78, 5) is 15.3. The first kappa shape index (κ1) is 13.0. The van der Waals surface area contributed by atoms with Crippen molar-refractivity contribution in [3.8, 4) is 12.3 Å². The molecule has 0 aromatic carbocycles. The third-order valence-corrected chi connectivity index (χ3v) is 2.48. The van der Waals surface area contributed by atoms with Gasteiger partial charge >= 0.3 is 5.97 Å². The fourth-order valence-electron chi connectivity index (χ4n) is 1.66. The maximum Gasteiger partial charge on any atom is 0.339 e. The van der Waals surface area contributed by atoms with E-state index in [-0.39, 0.29) is 11.6 Å². The van der Waals surface area contributed by atoms with E-state index in [1.807, 2.05) is 13.8 Å². The van der Waals surface area contributed by atoms with Gasteiger partial charge in [0.1, 0.15) is 5.56 Å². The molecule has 0 saturated heterocycles. The van der Waals surface area contributed by atoms with Crippen LogP contribution in [-0.4, -0.2) is 22.1 Å². The zero-order chi connectivity index (χ0) is 13.0. The van der Waals surface area contributed by atoms with Crippen LogP contribution in [0.4, 0.5) is 5.69 Å². The second kappa shape index (κ2) is 5.35. The molecular formula is C13H16N2O2. The van der Waals surface area contributed by atoms with Gasteiger partial charge in [0, 0.05) is 5.69 Å². The molecule has 17 heavy (non-hydrogen) atoms. The minimum absolute atomic E-state index is 0.172. The van der Waals surface area contributed by atoms with Crippen LogP contribution >= 0.6 is 0 Å². The predicted octanol–water partition coefficient (Wildman–Crippen LogP) is 2.22. The molecule has 0 saturated carbocycles. The summed E-state index contributed by atoms with van der Waals surface area (Å²) in [5.74, 6) is 1.58. The summed E-state index contributed by atoms with van der Waals surface area (Å²) in [6, 6.07) is 1.53. The molecule has 0 aliphatic heterocycles. The first-order valence-electron chi connectivity index (χ1n) is 5.43. The Morgan fingerprint density at radius 2 is 2.29 bits per heavy atom. The second-order valence-electron chi connectivity index (χ2n) is 3.85. The average Bonchev–Trinajstić information content (AvgIpc) is 2.24. The Labute approximate surface area is 101 Å². The summed E-state index contributed by atoms with van der Waals surface area (Å²) in [6.07, 6.45) is 6.09. The molecule has 1 aromatic heterocycles. The fourth-order valence-corrected chi connectivity index (χ4v) is 1.66. The van der Waals surface area contributed by atoms with Gasteiger partial charge in [-0.05, 0) is 26.3 Å². The van der Waals surface area contributed by atoms with Gasteiger partial charge in [-0.3, -0.25) is 4.98 Å². The number of hydrogen-bond donors (Lipinski definition) is 2. The molecule has 4 heteroatoms. The van der Waals surface area contributed by atoms with Crippen molar-refractivity contribution in [1.29, 1.82) is 0 Å². The highest BCUT2D eigenvalue weighted by molar-refractivity contribution is 5.95. The third-order valence-electron chi connectivity index (χ3n) is 2.48. The van der Waals surface area contributed by atoms with Crippen molar-refractivity contribution in [1.82, 2.24) is 4.98 Å². The molecule has 0 amide bonds. The lowest BCUT2D eigenvalue weighted by Crippen LogP contribution is -2.19. The minimum Gasteiger partial charge on any atom is -0.478 e. The van der Waals surface area contributed by atoms with Gasteiger partial charge in [0.15, 0.2) is 0 Å². The molecule has 1 unspecified atom stereocenters. The number of rotatable bonds is 4. The fraction of sp³-hybridized carbons (Fsp3) is 0.385. The molecule has 0 bridgehead atoms. The van der Waals surface area contributed by atoms with Crippen LogP contribution in [0.2, 0.25) is 0 Å². The van der Waals surface area contributed by atoms with Gasteiger partial charge in [0.25, 0.3) is 0 Å². The molecule has 1 atom stereocenters. The summed E-state index contributed by atoms with van der Waals surface area (Å²) in [6.45, 7) is 5.44.